The Bertz CT molecular complexity index is 984. The van der Waals surface area contributed by atoms with Gasteiger partial charge >= 0.3 is 0 Å². The molecule has 0 bridgehead atoms. The number of rotatable bonds is 6. The van der Waals surface area contributed by atoms with E-state index in [4.69, 9.17) is 4.42 Å². The molecule has 156 valence electrons. The van der Waals surface area contributed by atoms with Crippen LogP contribution in [0.15, 0.2) is 65.3 Å². The molecule has 3 aromatic rings. The zero-order chi connectivity index (χ0) is 20.9. The number of oxazole rings is 1. The van der Waals surface area contributed by atoms with E-state index in [2.05, 4.69) is 14.8 Å². The predicted molar refractivity (Wildman–Crippen MR) is 113 cm³/mol. The molecule has 30 heavy (non-hydrogen) atoms. The Kier molecular flexibility index (Phi) is 6.09. The highest BCUT2D eigenvalue weighted by atomic mass is 19.1. The van der Waals surface area contributed by atoms with E-state index < -0.39 is 0 Å². The third-order valence-electron chi connectivity index (χ3n) is 5.30. The number of halogens is 1. The van der Waals surface area contributed by atoms with Crippen molar-refractivity contribution in [3.05, 3.63) is 83.8 Å². The standard InChI is InChI=1S/C23H25FN4O2/c1-26(15-18-7-3-2-4-8-18)23(29)20-17-30-22(25-20)16-27-11-13-28(14-12-27)21-10-6-5-9-19(21)24/h2-10,17H,11-16H2,1H3. The van der Waals surface area contributed by atoms with Crippen LogP contribution in [0, 0.1) is 5.82 Å². The van der Waals surface area contributed by atoms with E-state index in [1.165, 1.54) is 12.3 Å². The molecule has 6 nitrogen and oxygen atoms in total. The Hall–Kier alpha value is -3.19. The molecule has 2 heterocycles. The van der Waals surface area contributed by atoms with Crippen molar-refractivity contribution >= 4 is 11.6 Å². The number of amides is 1. The second-order valence-electron chi connectivity index (χ2n) is 7.49. The van der Waals surface area contributed by atoms with Crippen molar-refractivity contribution < 1.29 is 13.6 Å². The minimum absolute atomic E-state index is 0.168. The van der Waals surface area contributed by atoms with Crippen LogP contribution in [0.4, 0.5) is 10.1 Å². The first kappa shape index (κ1) is 20.1. The number of benzene rings is 2. The van der Waals surface area contributed by atoms with Gasteiger partial charge in [-0.05, 0) is 17.7 Å². The van der Waals surface area contributed by atoms with Gasteiger partial charge in [-0.25, -0.2) is 9.37 Å². The van der Waals surface area contributed by atoms with Crippen LogP contribution in [0.25, 0.3) is 0 Å². The molecule has 1 fully saturated rings. The van der Waals surface area contributed by atoms with Gasteiger partial charge in [-0.3, -0.25) is 9.69 Å². The lowest BCUT2D eigenvalue weighted by atomic mass is 10.2. The van der Waals surface area contributed by atoms with Crippen LogP contribution in [0.5, 0.6) is 0 Å². The van der Waals surface area contributed by atoms with Gasteiger partial charge in [-0.15, -0.1) is 0 Å². The molecule has 4 rings (SSSR count). The first-order valence-electron chi connectivity index (χ1n) is 10.1. The van der Waals surface area contributed by atoms with Gasteiger partial charge in [-0.1, -0.05) is 42.5 Å². The van der Waals surface area contributed by atoms with Crippen molar-refractivity contribution in [3.8, 4) is 0 Å². The van der Waals surface area contributed by atoms with E-state index >= 15 is 0 Å². The lowest BCUT2D eigenvalue weighted by Gasteiger charge is -2.35. The predicted octanol–water partition coefficient (Wildman–Crippen LogP) is 3.41. The van der Waals surface area contributed by atoms with Crippen LogP contribution in [0.3, 0.4) is 0 Å². The number of piperazine rings is 1. The van der Waals surface area contributed by atoms with E-state index in [0.717, 1.165) is 31.7 Å². The topological polar surface area (TPSA) is 52.8 Å². The number of para-hydroxylation sites is 1. The Morgan fingerprint density at radius 2 is 1.77 bits per heavy atom. The fourth-order valence-electron chi connectivity index (χ4n) is 3.65. The second kappa shape index (κ2) is 9.09. The zero-order valence-corrected chi connectivity index (χ0v) is 17.0. The van der Waals surface area contributed by atoms with Crippen LogP contribution in [0.1, 0.15) is 21.9 Å². The number of hydrogen-bond acceptors (Lipinski definition) is 5. The third-order valence-corrected chi connectivity index (χ3v) is 5.30. The van der Waals surface area contributed by atoms with Crippen molar-refractivity contribution in [2.75, 3.05) is 38.1 Å². The molecule has 1 aliphatic heterocycles. The fourth-order valence-corrected chi connectivity index (χ4v) is 3.65. The lowest BCUT2D eigenvalue weighted by Crippen LogP contribution is -2.46. The summed E-state index contributed by atoms with van der Waals surface area (Å²) >= 11 is 0. The fraction of sp³-hybridized carbons (Fsp3) is 0.304. The van der Waals surface area contributed by atoms with Crippen molar-refractivity contribution in [1.29, 1.82) is 0 Å². The number of hydrogen-bond donors (Lipinski definition) is 0. The molecule has 0 spiro atoms. The van der Waals surface area contributed by atoms with Crippen LogP contribution >= 0.6 is 0 Å². The molecule has 0 saturated carbocycles. The first-order chi connectivity index (χ1) is 14.6. The van der Waals surface area contributed by atoms with Gasteiger partial charge in [0.1, 0.15) is 12.1 Å². The number of carbonyl (C=O) groups excluding carboxylic acids is 1. The highest BCUT2D eigenvalue weighted by molar-refractivity contribution is 5.91. The van der Waals surface area contributed by atoms with Crippen LogP contribution in [-0.2, 0) is 13.1 Å². The highest BCUT2D eigenvalue weighted by Gasteiger charge is 2.22. The quantitative estimate of drug-likeness (QED) is 0.626. The average Bonchev–Trinajstić information content (AvgIpc) is 3.23. The summed E-state index contributed by atoms with van der Waals surface area (Å²) in [5, 5.41) is 0. The lowest BCUT2D eigenvalue weighted by molar-refractivity contribution is 0.0779. The number of aromatic nitrogens is 1. The molecule has 1 aliphatic rings. The van der Waals surface area contributed by atoms with Crippen LogP contribution in [0.2, 0.25) is 0 Å². The molecule has 7 heteroatoms. The smallest absolute Gasteiger partial charge is 0.275 e. The molecule has 0 atom stereocenters. The molecule has 0 radical (unpaired) electrons. The normalized spacial score (nSPS) is 14.7. The van der Waals surface area contributed by atoms with E-state index in [0.29, 0.717) is 30.4 Å². The minimum atomic E-state index is -0.193. The number of anilines is 1. The van der Waals surface area contributed by atoms with Gasteiger partial charge in [0, 0.05) is 39.8 Å². The van der Waals surface area contributed by atoms with E-state index in [1.54, 1.807) is 18.0 Å². The Morgan fingerprint density at radius 1 is 1.07 bits per heavy atom. The Balaban J connectivity index is 1.30. The first-order valence-corrected chi connectivity index (χ1v) is 10.1. The van der Waals surface area contributed by atoms with Gasteiger partial charge in [0.15, 0.2) is 5.69 Å². The Morgan fingerprint density at radius 3 is 2.50 bits per heavy atom. The van der Waals surface area contributed by atoms with Crippen molar-refractivity contribution in [3.63, 3.8) is 0 Å². The summed E-state index contributed by atoms with van der Waals surface area (Å²) in [6.45, 7) is 4.04. The van der Waals surface area contributed by atoms with E-state index in [-0.39, 0.29) is 11.7 Å². The highest BCUT2D eigenvalue weighted by Crippen LogP contribution is 2.20. The maximum Gasteiger partial charge on any atom is 0.275 e. The van der Waals surface area contributed by atoms with Crippen molar-refractivity contribution in [1.82, 2.24) is 14.8 Å². The number of nitrogens with zero attached hydrogens (tertiary/aromatic N) is 4. The van der Waals surface area contributed by atoms with Gasteiger partial charge < -0.3 is 14.2 Å². The van der Waals surface area contributed by atoms with Crippen molar-refractivity contribution in [2.24, 2.45) is 0 Å². The van der Waals surface area contributed by atoms with Crippen LogP contribution < -0.4 is 4.90 Å². The third kappa shape index (κ3) is 4.68. The molecule has 0 aliphatic carbocycles. The summed E-state index contributed by atoms with van der Waals surface area (Å²) in [6.07, 6.45) is 1.43. The average molecular weight is 408 g/mol. The summed E-state index contributed by atoms with van der Waals surface area (Å²) in [5.74, 6) is 0.158. The molecule has 1 saturated heterocycles. The zero-order valence-electron chi connectivity index (χ0n) is 17.0. The molecule has 1 amide bonds. The summed E-state index contributed by atoms with van der Waals surface area (Å²) < 4.78 is 19.5. The maximum atomic E-state index is 14.0. The van der Waals surface area contributed by atoms with Gasteiger partial charge in [0.2, 0.25) is 5.89 Å². The molecular formula is C23H25FN4O2. The van der Waals surface area contributed by atoms with Gasteiger partial charge in [0.25, 0.3) is 5.91 Å². The van der Waals surface area contributed by atoms with Gasteiger partial charge in [-0.2, -0.15) is 0 Å². The SMILES string of the molecule is CN(Cc1ccccc1)C(=O)c1coc(CN2CCN(c3ccccc3F)CC2)n1. The van der Waals surface area contributed by atoms with E-state index in [1.807, 2.05) is 42.5 Å². The second-order valence-corrected chi connectivity index (χ2v) is 7.49. The van der Waals surface area contributed by atoms with E-state index in [9.17, 15) is 9.18 Å². The molecule has 0 N–H and O–H groups in total. The maximum absolute atomic E-state index is 14.0. The molecule has 0 unspecified atom stereocenters. The molecule has 2 aromatic carbocycles. The summed E-state index contributed by atoms with van der Waals surface area (Å²) in [5.41, 5.74) is 2.01. The largest absolute Gasteiger partial charge is 0.447 e. The molecule has 1 aromatic heterocycles. The summed E-state index contributed by atoms with van der Waals surface area (Å²) in [4.78, 5) is 22.9. The minimum Gasteiger partial charge on any atom is -0.447 e. The van der Waals surface area contributed by atoms with Crippen LogP contribution in [-0.4, -0.2) is 53.9 Å². The monoisotopic (exact) mass is 408 g/mol. The summed E-state index contributed by atoms with van der Waals surface area (Å²) in [6, 6.07) is 16.7. The Labute approximate surface area is 175 Å². The van der Waals surface area contributed by atoms with Gasteiger partial charge in [0.05, 0.1) is 12.2 Å². The summed E-state index contributed by atoms with van der Waals surface area (Å²) in [7, 11) is 1.76. The van der Waals surface area contributed by atoms with Crippen molar-refractivity contribution in [2.45, 2.75) is 13.1 Å². The molecular weight excluding hydrogens is 383 g/mol. The number of carbonyl (C=O) groups is 1.